The van der Waals surface area contributed by atoms with Crippen molar-refractivity contribution in [3.63, 3.8) is 0 Å². The molecule has 2 heterocycles. The summed E-state index contributed by atoms with van der Waals surface area (Å²) in [6.45, 7) is 1.76. The maximum Gasteiger partial charge on any atom is 0.416 e. The molecule has 1 aliphatic rings. The van der Waals surface area contributed by atoms with Crippen LogP contribution < -0.4 is 10.5 Å². The summed E-state index contributed by atoms with van der Waals surface area (Å²) in [7, 11) is 1.57. The van der Waals surface area contributed by atoms with Gasteiger partial charge in [-0.2, -0.15) is 17.7 Å². The number of alkyl halides is 3. The number of hydrogen-bond donors (Lipinski definition) is 1. The molecule has 2 aromatic carbocycles. The van der Waals surface area contributed by atoms with Crippen molar-refractivity contribution < 1.29 is 17.9 Å². The molecule has 0 spiro atoms. The predicted molar refractivity (Wildman–Crippen MR) is 122 cm³/mol. The zero-order valence-electron chi connectivity index (χ0n) is 18.7. The maximum atomic E-state index is 12.9. The quantitative estimate of drug-likeness (QED) is 0.402. The Balaban J connectivity index is 1.43. The summed E-state index contributed by atoms with van der Waals surface area (Å²) < 4.78 is 45.7. The fourth-order valence-corrected chi connectivity index (χ4v) is 4.14. The van der Waals surface area contributed by atoms with Crippen molar-refractivity contribution in [1.29, 1.82) is 0 Å². The van der Waals surface area contributed by atoms with Gasteiger partial charge < -0.3 is 10.5 Å². The fraction of sp³-hybridized carbons (Fsp3) is 0.375. The second-order valence-electron chi connectivity index (χ2n) is 8.73. The molecule has 7 nitrogen and oxygen atoms in total. The molecule has 1 saturated carbocycles. The van der Waals surface area contributed by atoms with Crippen molar-refractivity contribution >= 4 is 22.5 Å². The number of aromatic nitrogens is 4. The van der Waals surface area contributed by atoms with Crippen molar-refractivity contribution in [2.45, 2.75) is 38.5 Å². The standard InChI is InChI=1S/C24H25F3N6O/c1-34-19-4-2-3-18-21(19)30-23(28)33-22(18)29-20(31-33)14-32(12-11-15-5-6-15)13-16-7-9-17(10-8-16)24(25,26)27/h2-4,7-10,15H,5-6,11-14H2,1H3,(H2,28,30). The van der Waals surface area contributed by atoms with Gasteiger partial charge in [0.2, 0.25) is 5.95 Å². The van der Waals surface area contributed by atoms with Crippen LogP contribution in [0.1, 0.15) is 36.2 Å². The van der Waals surface area contributed by atoms with E-state index in [0.29, 0.717) is 35.8 Å². The van der Waals surface area contributed by atoms with Gasteiger partial charge >= 0.3 is 6.18 Å². The first-order chi connectivity index (χ1) is 16.3. The van der Waals surface area contributed by atoms with E-state index in [1.165, 1.54) is 29.5 Å². The Bertz CT molecular complexity index is 1310. The summed E-state index contributed by atoms with van der Waals surface area (Å²) in [5, 5.41) is 5.35. The average molecular weight is 470 g/mol. The van der Waals surface area contributed by atoms with E-state index in [2.05, 4.69) is 15.0 Å². The summed E-state index contributed by atoms with van der Waals surface area (Å²) in [5.41, 5.74) is 7.53. The van der Waals surface area contributed by atoms with Crippen LogP contribution in [0.2, 0.25) is 0 Å². The number of anilines is 1. The van der Waals surface area contributed by atoms with Gasteiger partial charge in [-0.05, 0) is 48.7 Å². The molecule has 0 aliphatic heterocycles. The van der Waals surface area contributed by atoms with Gasteiger partial charge in [0.25, 0.3) is 0 Å². The number of methoxy groups -OCH3 is 1. The summed E-state index contributed by atoms with van der Waals surface area (Å²) >= 11 is 0. The van der Waals surface area contributed by atoms with Crippen LogP contribution in [-0.4, -0.2) is 38.1 Å². The molecule has 2 N–H and O–H groups in total. The van der Waals surface area contributed by atoms with Crippen LogP contribution in [-0.2, 0) is 19.3 Å². The van der Waals surface area contributed by atoms with E-state index in [1.807, 2.05) is 18.2 Å². The van der Waals surface area contributed by atoms with E-state index < -0.39 is 11.7 Å². The Morgan fingerprint density at radius 1 is 1.09 bits per heavy atom. The molecule has 34 heavy (non-hydrogen) atoms. The van der Waals surface area contributed by atoms with E-state index in [4.69, 9.17) is 15.5 Å². The number of nitrogen functional groups attached to an aromatic ring is 1. The number of halogens is 3. The Kier molecular flexibility index (Phi) is 5.76. The van der Waals surface area contributed by atoms with Gasteiger partial charge in [0, 0.05) is 11.9 Å². The molecule has 0 amide bonds. The lowest BCUT2D eigenvalue weighted by Gasteiger charge is -2.21. The van der Waals surface area contributed by atoms with Crippen molar-refractivity contribution in [1.82, 2.24) is 24.5 Å². The number of hydrogen-bond acceptors (Lipinski definition) is 6. The smallest absolute Gasteiger partial charge is 0.416 e. The zero-order chi connectivity index (χ0) is 23.9. The minimum atomic E-state index is -4.34. The molecule has 0 saturated heterocycles. The highest BCUT2D eigenvalue weighted by Crippen LogP contribution is 2.33. The summed E-state index contributed by atoms with van der Waals surface area (Å²) in [6.07, 6.45) is -0.838. The predicted octanol–water partition coefficient (Wildman–Crippen LogP) is 4.69. The van der Waals surface area contributed by atoms with Gasteiger partial charge in [0.1, 0.15) is 11.3 Å². The lowest BCUT2D eigenvalue weighted by Crippen LogP contribution is -2.25. The van der Waals surface area contributed by atoms with E-state index in [0.717, 1.165) is 42.0 Å². The monoisotopic (exact) mass is 470 g/mol. The van der Waals surface area contributed by atoms with Gasteiger partial charge in [-0.15, -0.1) is 5.10 Å². The lowest BCUT2D eigenvalue weighted by molar-refractivity contribution is -0.137. The number of benzene rings is 2. The lowest BCUT2D eigenvalue weighted by atomic mass is 10.1. The minimum Gasteiger partial charge on any atom is -0.494 e. The van der Waals surface area contributed by atoms with Gasteiger partial charge in [-0.1, -0.05) is 31.0 Å². The first-order valence-electron chi connectivity index (χ1n) is 11.2. The third-order valence-electron chi connectivity index (χ3n) is 6.16. The maximum absolute atomic E-state index is 12.9. The van der Waals surface area contributed by atoms with Crippen LogP contribution in [0.4, 0.5) is 19.1 Å². The first-order valence-corrected chi connectivity index (χ1v) is 11.2. The van der Waals surface area contributed by atoms with Gasteiger partial charge in [0.15, 0.2) is 11.5 Å². The molecule has 1 aliphatic carbocycles. The molecular weight excluding hydrogens is 445 g/mol. The molecule has 5 rings (SSSR count). The van der Waals surface area contributed by atoms with E-state index in [1.54, 1.807) is 7.11 Å². The minimum absolute atomic E-state index is 0.206. The fourth-order valence-electron chi connectivity index (χ4n) is 4.14. The molecule has 178 valence electrons. The number of nitrogens with two attached hydrogens (primary N) is 1. The van der Waals surface area contributed by atoms with Crippen molar-refractivity contribution in [2.75, 3.05) is 19.4 Å². The first kappa shape index (κ1) is 22.4. The van der Waals surface area contributed by atoms with Crippen LogP contribution in [0.5, 0.6) is 5.75 Å². The van der Waals surface area contributed by atoms with Crippen LogP contribution in [0.25, 0.3) is 16.6 Å². The number of ether oxygens (including phenoxy) is 1. The Labute approximate surface area is 194 Å². The molecule has 10 heteroatoms. The Hall–Kier alpha value is -3.40. The topological polar surface area (TPSA) is 81.6 Å². The van der Waals surface area contributed by atoms with E-state index in [9.17, 15) is 13.2 Å². The number of rotatable bonds is 8. The van der Waals surface area contributed by atoms with Gasteiger partial charge in [-0.3, -0.25) is 4.90 Å². The molecule has 0 atom stereocenters. The van der Waals surface area contributed by atoms with Gasteiger partial charge in [-0.25, -0.2) is 9.97 Å². The van der Waals surface area contributed by atoms with Gasteiger partial charge in [0.05, 0.1) is 19.2 Å². The molecule has 0 unspecified atom stereocenters. The molecule has 2 aromatic heterocycles. The van der Waals surface area contributed by atoms with E-state index in [-0.39, 0.29) is 5.95 Å². The molecule has 0 bridgehead atoms. The Morgan fingerprint density at radius 3 is 2.53 bits per heavy atom. The van der Waals surface area contributed by atoms with Crippen molar-refractivity contribution in [2.24, 2.45) is 5.92 Å². The second-order valence-corrected chi connectivity index (χ2v) is 8.73. The van der Waals surface area contributed by atoms with Crippen LogP contribution >= 0.6 is 0 Å². The van der Waals surface area contributed by atoms with E-state index >= 15 is 0 Å². The molecule has 4 aromatic rings. The molecule has 0 radical (unpaired) electrons. The third kappa shape index (κ3) is 4.63. The van der Waals surface area contributed by atoms with Crippen molar-refractivity contribution in [3.05, 3.63) is 59.4 Å². The molecular formula is C24H25F3N6O. The van der Waals surface area contributed by atoms with Crippen molar-refractivity contribution in [3.8, 4) is 5.75 Å². The second kappa shape index (κ2) is 8.75. The zero-order valence-corrected chi connectivity index (χ0v) is 18.7. The number of para-hydroxylation sites is 1. The highest BCUT2D eigenvalue weighted by Gasteiger charge is 2.30. The van der Waals surface area contributed by atoms with Crippen LogP contribution in [0.3, 0.4) is 0 Å². The summed E-state index contributed by atoms with van der Waals surface area (Å²) in [4.78, 5) is 11.3. The number of nitrogens with zero attached hydrogens (tertiary/aromatic N) is 5. The SMILES string of the molecule is COc1cccc2c1nc(N)n1nc(CN(CCC3CC3)Cc3ccc(C(F)(F)F)cc3)nc21. The summed E-state index contributed by atoms with van der Waals surface area (Å²) in [6, 6.07) is 10.9. The highest BCUT2D eigenvalue weighted by atomic mass is 19.4. The Morgan fingerprint density at radius 2 is 1.85 bits per heavy atom. The van der Waals surface area contributed by atoms with Crippen LogP contribution in [0.15, 0.2) is 42.5 Å². The average Bonchev–Trinajstić information content (AvgIpc) is 3.54. The molecule has 1 fully saturated rings. The van der Waals surface area contributed by atoms with Crippen LogP contribution in [0, 0.1) is 5.92 Å². The summed E-state index contributed by atoms with van der Waals surface area (Å²) in [5.74, 6) is 2.11. The largest absolute Gasteiger partial charge is 0.494 e. The normalized spacial score (nSPS) is 14.4. The highest BCUT2D eigenvalue weighted by molar-refractivity contribution is 5.95. The third-order valence-corrected chi connectivity index (χ3v) is 6.16. The number of fused-ring (bicyclic) bond motifs is 3.